The lowest BCUT2D eigenvalue weighted by molar-refractivity contribution is 0.652. The Bertz CT molecular complexity index is 544. The monoisotopic (exact) mass is 284 g/mol. The van der Waals surface area contributed by atoms with Crippen LogP contribution in [-0.4, -0.2) is 20.8 Å². The fourth-order valence-corrected chi connectivity index (χ4v) is 3.65. The molecular weight excluding hydrogens is 268 g/mol. The summed E-state index contributed by atoms with van der Waals surface area (Å²) in [4.78, 5) is 11.5. The van der Waals surface area contributed by atoms with Crippen LogP contribution in [0.5, 0.6) is 0 Å². The van der Waals surface area contributed by atoms with Crippen LogP contribution >= 0.6 is 23.1 Å². The summed E-state index contributed by atoms with van der Waals surface area (Å²) in [5.74, 6) is 0. The molecule has 0 radical (unpaired) electrons. The molecular formula is C11H16N4OS2. The molecule has 2 aromatic heterocycles. The topological polar surface area (TPSA) is 76.7 Å². The minimum atomic E-state index is -0.172. The van der Waals surface area contributed by atoms with Crippen LogP contribution < -0.4 is 11.4 Å². The number of thioether (sulfide) groups is 1. The minimum absolute atomic E-state index is 0.0123. The fraction of sp³-hybridized carbons (Fsp3) is 0.455. The first-order valence-corrected chi connectivity index (χ1v) is 7.55. The molecule has 98 valence electrons. The molecule has 3 N–H and O–H groups in total. The van der Waals surface area contributed by atoms with Gasteiger partial charge in [-0.25, -0.2) is 9.89 Å². The van der Waals surface area contributed by atoms with Crippen molar-refractivity contribution in [2.75, 3.05) is 0 Å². The van der Waals surface area contributed by atoms with Crippen molar-refractivity contribution in [1.29, 1.82) is 0 Å². The van der Waals surface area contributed by atoms with E-state index in [4.69, 9.17) is 5.73 Å². The number of rotatable bonds is 5. The molecule has 2 aromatic rings. The largest absolute Gasteiger partial charge is 0.343 e. The first kappa shape index (κ1) is 13.4. The fourth-order valence-electron chi connectivity index (χ4n) is 1.70. The predicted molar refractivity (Wildman–Crippen MR) is 75.1 cm³/mol. The van der Waals surface area contributed by atoms with Crippen molar-refractivity contribution in [1.82, 2.24) is 14.8 Å². The molecule has 0 aliphatic heterocycles. The molecule has 0 fully saturated rings. The molecule has 0 bridgehead atoms. The highest BCUT2D eigenvalue weighted by Gasteiger charge is 2.21. The molecule has 0 saturated heterocycles. The summed E-state index contributed by atoms with van der Waals surface area (Å²) in [7, 11) is 0. The van der Waals surface area contributed by atoms with Crippen molar-refractivity contribution in [3.8, 4) is 0 Å². The summed E-state index contributed by atoms with van der Waals surface area (Å²) in [5, 5.41) is 11.4. The van der Waals surface area contributed by atoms with Crippen LogP contribution in [0, 0.1) is 0 Å². The summed E-state index contributed by atoms with van der Waals surface area (Å²) in [6.07, 6.45) is 0. The van der Waals surface area contributed by atoms with Gasteiger partial charge in [0.1, 0.15) is 0 Å². The van der Waals surface area contributed by atoms with Crippen LogP contribution in [0.1, 0.15) is 24.7 Å². The maximum absolute atomic E-state index is 11.5. The Hall–Kier alpha value is -1.05. The Morgan fingerprint density at radius 3 is 3.00 bits per heavy atom. The molecule has 0 spiro atoms. The highest BCUT2D eigenvalue weighted by atomic mass is 32.2. The van der Waals surface area contributed by atoms with Gasteiger partial charge in [-0.3, -0.25) is 4.57 Å². The number of H-pyrrole nitrogens is 1. The van der Waals surface area contributed by atoms with Crippen LogP contribution in [0.25, 0.3) is 0 Å². The van der Waals surface area contributed by atoms with Gasteiger partial charge in [0.2, 0.25) is 0 Å². The summed E-state index contributed by atoms with van der Waals surface area (Å²) in [6.45, 7) is 4.50. The van der Waals surface area contributed by atoms with E-state index in [-0.39, 0.29) is 17.0 Å². The van der Waals surface area contributed by atoms with E-state index in [1.165, 1.54) is 17.3 Å². The summed E-state index contributed by atoms with van der Waals surface area (Å²) >= 11 is 3.17. The SMILES string of the molecule is CCn1c(SC(c2ccsc2)C(C)N)n[nH]c1=O. The zero-order valence-electron chi connectivity index (χ0n) is 10.3. The average Bonchev–Trinajstić information content (AvgIpc) is 2.95. The second-order valence-electron chi connectivity index (χ2n) is 4.01. The molecule has 5 nitrogen and oxygen atoms in total. The Labute approximate surface area is 113 Å². The van der Waals surface area contributed by atoms with E-state index < -0.39 is 0 Å². The molecule has 0 saturated carbocycles. The zero-order valence-corrected chi connectivity index (χ0v) is 11.9. The Kier molecular flexibility index (Phi) is 4.26. The van der Waals surface area contributed by atoms with Gasteiger partial charge < -0.3 is 5.73 Å². The second kappa shape index (κ2) is 5.73. The van der Waals surface area contributed by atoms with E-state index in [9.17, 15) is 4.79 Å². The summed E-state index contributed by atoms with van der Waals surface area (Å²) in [5.41, 5.74) is 7.04. The normalized spacial score (nSPS) is 14.6. The van der Waals surface area contributed by atoms with Gasteiger partial charge in [-0.1, -0.05) is 11.8 Å². The summed E-state index contributed by atoms with van der Waals surface area (Å²) in [6, 6.07) is 2.05. The highest BCUT2D eigenvalue weighted by molar-refractivity contribution is 7.99. The van der Waals surface area contributed by atoms with Crippen LogP contribution in [0.3, 0.4) is 0 Å². The maximum atomic E-state index is 11.5. The van der Waals surface area contributed by atoms with E-state index in [0.717, 1.165) is 0 Å². The third-order valence-electron chi connectivity index (χ3n) is 2.62. The number of nitrogens with zero attached hydrogens (tertiary/aromatic N) is 2. The van der Waals surface area contributed by atoms with Gasteiger partial charge in [0.05, 0.1) is 5.25 Å². The van der Waals surface area contributed by atoms with E-state index in [2.05, 4.69) is 21.6 Å². The Morgan fingerprint density at radius 2 is 2.44 bits per heavy atom. The molecule has 2 rings (SSSR count). The third kappa shape index (κ3) is 2.68. The van der Waals surface area contributed by atoms with Crippen LogP contribution in [-0.2, 0) is 6.54 Å². The Balaban J connectivity index is 2.27. The van der Waals surface area contributed by atoms with Crippen molar-refractivity contribution in [3.63, 3.8) is 0 Å². The van der Waals surface area contributed by atoms with Gasteiger partial charge in [-0.15, -0.1) is 5.10 Å². The van der Waals surface area contributed by atoms with E-state index in [0.29, 0.717) is 11.7 Å². The van der Waals surface area contributed by atoms with Crippen molar-refractivity contribution in [3.05, 3.63) is 32.9 Å². The smallest absolute Gasteiger partial charge is 0.327 e. The maximum Gasteiger partial charge on any atom is 0.343 e. The predicted octanol–water partition coefficient (Wildman–Crippen LogP) is 1.83. The minimum Gasteiger partial charge on any atom is -0.327 e. The molecule has 18 heavy (non-hydrogen) atoms. The molecule has 7 heteroatoms. The van der Waals surface area contributed by atoms with Gasteiger partial charge in [-0.2, -0.15) is 11.3 Å². The van der Waals surface area contributed by atoms with E-state index in [1.807, 2.05) is 19.2 Å². The second-order valence-corrected chi connectivity index (χ2v) is 5.90. The Morgan fingerprint density at radius 1 is 1.67 bits per heavy atom. The van der Waals surface area contributed by atoms with Gasteiger partial charge in [0, 0.05) is 12.6 Å². The molecule has 2 unspecified atom stereocenters. The quantitative estimate of drug-likeness (QED) is 0.821. The highest BCUT2D eigenvalue weighted by Crippen LogP contribution is 2.36. The number of nitrogens with one attached hydrogen (secondary N) is 1. The molecule has 2 heterocycles. The lowest BCUT2D eigenvalue weighted by atomic mass is 10.1. The first-order valence-electron chi connectivity index (χ1n) is 5.73. The van der Waals surface area contributed by atoms with Crippen molar-refractivity contribution < 1.29 is 0 Å². The molecule has 0 aliphatic carbocycles. The molecule has 2 atom stereocenters. The van der Waals surface area contributed by atoms with Gasteiger partial charge >= 0.3 is 5.69 Å². The van der Waals surface area contributed by atoms with Crippen molar-refractivity contribution in [2.24, 2.45) is 5.73 Å². The number of nitrogens with two attached hydrogens (primary N) is 1. The molecule has 0 amide bonds. The van der Waals surface area contributed by atoms with E-state index in [1.54, 1.807) is 15.9 Å². The lowest BCUT2D eigenvalue weighted by Crippen LogP contribution is -2.23. The standard InChI is InChI=1S/C11H16N4OS2/c1-3-15-10(16)13-14-11(15)18-9(7(2)12)8-4-5-17-6-8/h4-7,9H,3,12H2,1-2H3,(H,13,16). The van der Waals surface area contributed by atoms with Gasteiger partial charge in [0.25, 0.3) is 0 Å². The molecule has 0 aliphatic rings. The average molecular weight is 284 g/mol. The van der Waals surface area contributed by atoms with E-state index >= 15 is 0 Å². The van der Waals surface area contributed by atoms with Crippen molar-refractivity contribution >= 4 is 23.1 Å². The zero-order chi connectivity index (χ0) is 13.1. The number of aromatic nitrogens is 3. The molecule has 0 aromatic carbocycles. The van der Waals surface area contributed by atoms with Crippen molar-refractivity contribution in [2.45, 2.75) is 36.8 Å². The number of hydrogen-bond acceptors (Lipinski definition) is 5. The third-order valence-corrected chi connectivity index (χ3v) is 4.80. The summed E-state index contributed by atoms with van der Waals surface area (Å²) < 4.78 is 1.62. The first-order chi connectivity index (χ1) is 8.63. The lowest BCUT2D eigenvalue weighted by Gasteiger charge is -2.18. The number of hydrogen-bond donors (Lipinski definition) is 2. The van der Waals surface area contributed by atoms with Gasteiger partial charge in [-0.05, 0) is 36.2 Å². The van der Waals surface area contributed by atoms with Crippen LogP contribution in [0.2, 0.25) is 0 Å². The van der Waals surface area contributed by atoms with Gasteiger partial charge in [0.15, 0.2) is 5.16 Å². The van der Waals surface area contributed by atoms with Crippen LogP contribution in [0.4, 0.5) is 0 Å². The van der Waals surface area contributed by atoms with Crippen LogP contribution in [0.15, 0.2) is 26.8 Å². The number of aromatic amines is 1. The number of thiophene rings is 1.